The molecule has 2 rings (SSSR count). The van der Waals surface area contributed by atoms with Crippen LogP contribution in [0.5, 0.6) is 0 Å². The number of nitrogens with one attached hydrogen (secondary N) is 1. The van der Waals surface area contributed by atoms with Crippen LogP contribution >= 0.6 is 0 Å². The van der Waals surface area contributed by atoms with Crippen LogP contribution in [-0.4, -0.2) is 22.4 Å². The predicted octanol–water partition coefficient (Wildman–Crippen LogP) is 3.33. The van der Waals surface area contributed by atoms with Gasteiger partial charge in [0.15, 0.2) is 0 Å². The molecule has 1 atom stereocenters. The number of rotatable bonds is 6. The van der Waals surface area contributed by atoms with Crippen molar-refractivity contribution in [2.24, 2.45) is 7.05 Å². The van der Waals surface area contributed by atoms with Gasteiger partial charge in [-0.1, -0.05) is 31.2 Å². The molecule has 0 bridgehead atoms. The van der Waals surface area contributed by atoms with Crippen molar-refractivity contribution < 1.29 is 0 Å². The van der Waals surface area contributed by atoms with Crippen molar-refractivity contribution in [3.63, 3.8) is 0 Å². The Bertz CT molecular complexity index is 540. The van der Waals surface area contributed by atoms with Gasteiger partial charge >= 0.3 is 0 Å². The lowest BCUT2D eigenvalue weighted by molar-refractivity contribution is 0.543. The first-order valence-corrected chi connectivity index (χ1v) is 7.43. The zero-order chi connectivity index (χ0) is 14.5. The van der Waals surface area contributed by atoms with E-state index < -0.39 is 0 Å². The Balaban J connectivity index is 2.05. The summed E-state index contributed by atoms with van der Waals surface area (Å²) in [5.74, 6) is 0. The molecule has 0 spiro atoms. The standard InChI is InChI=1S/C17H25N3/c1-5-10-18-13(2)11-15-6-8-16(9-7-15)17-12-19-20(4)14(17)3/h6-9,12-13,18H,5,10-11H2,1-4H3. The van der Waals surface area contributed by atoms with E-state index >= 15 is 0 Å². The minimum Gasteiger partial charge on any atom is -0.314 e. The highest BCUT2D eigenvalue weighted by Gasteiger charge is 2.07. The quantitative estimate of drug-likeness (QED) is 0.873. The van der Waals surface area contributed by atoms with Crippen molar-refractivity contribution in [2.75, 3.05) is 6.54 Å². The van der Waals surface area contributed by atoms with E-state index in [1.54, 1.807) is 0 Å². The topological polar surface area (TPSA) is 29.9 Å². The van der Waals surface area contributed by atoms with Crippen molar-refractivity contribution >= 4 is 0 Å². The van der Waals surface area contributed by atoms with E-state index in [2.05, 4.69) is 55.5 Å². The van der Waals surface area contributed by atoms with Crippen LogP contribution in [0.15, 0.2) is 30.5 Å². The first-order valence-electron chi connectivity index (χ1n) is 7.43. The number of aromatic nitrogens is 2. The third-order valence-electron chi connectivity index (χ3n) is 3.78. The fourth-order valence-corrected chi connectivity index (χ4v) is 2.42. The summed E-state index contributed by atoms with van der Waals surface area (Å²) < 4.78 is 1.92. The average molecular weight is 271 g/mol. The summed E-state index contributed by atoms with van der Waals surface area (Å²) in [6.45, 7) is 7.64. The van der Waals surface area contributed by atoms with Crippen molar-refractivity contribution in [1.29, 1.82) is 0 Å². The highest BCUT2D eigenvalue weighted by atomic mass is 15.3. The van der Waals surface area contributed by atoms with E-state index in [0.717, 1.165) is 13.0 Å². The molecular formula is C17H25N3. The van der Waals surface area contributed by atoms with E-state index in [1.165, 1.54) is 28.8 Å². The second-order valence-corrected chi connectivity index (χ2v) is 5.52. The smallest absolute Gasteiger partial charge is 0.0571 e. The summed E-state index contributed by atoms with van der Waals surface area (Å²) in [5.41, 5.74) is 5.05. The Kier molecular flexibility index (Phi) is 4.96. The van der Waals surface area contributed by atoms with Gasteiger partial charge in [-0.25, -0.2) is 0 Å². The van der Waals surface area contributed by atoms with E-state index in [-0.39, 0.29) is 0 Å². The van der Waals surface area contributed by atoms with Crippen LogP contribution < -0.4 is 5.32 Å². The Labute approximate surface area is 122 Å². The molecule has 1 aromatic heterocycles. The highest BCUT2D eigenvalue weighted by molar-refractivity contribution is 5.65. The molecule has 0 amide bonds. The van der Waals surface area contributed by atoms with E-state index in [1.807, 2.05) is 17.9 Å². The third kappa shape index (κ3) is 3.48. The van der Waals surface area contributed by atoms with Crippen molar-refractivity contribution in [2.45, 2.75) is 39.7 Å². The highest BCUT2D eigenvalue weighted by Crippen LogP contribution is 2.23. The molecule has 1 unspecified atom stereocenters. The lowest BCUT2D eigenvalue weighted by atomic mass is 10.0. The van der Waals surface area contributed by atoms with Gasteiger partial charge in [0.2, 0.25) is 0 Å². The molecular weight excluding hydrogens is 246 g/mol. The van der Waals surface area contributed by atoms with Crippen LogP contribution in [0, 0.1) is 6.92 Å². The largest absolute Gasteiger partial charge is 0.314 e. The Hall–Kier alpha value is -1.61. The SMILES string of the molecule is CCCNC(C)Cc1ccc(-c2cnn(C)c2C)cc1. The van der Waals surface area contributed by atoms with Gasteiger partial charge in [-0.15, -0.1) is 0 Å². The molecule has 20 heavy (non-hydrogen) atoms. The first-order chi connectivity index (χ1) is 9.61. The molecule has 0 saturated carbocycles. The monoisotopic (exact) mass is 271 g/mol. The third-order valence-corrected chi connectivity index (χ3v) is 3.78. The summed E-state index contributed by atoms with van der Waals surface area (Å²) in [5, 5.41) is 7.83. The summed E-state index contributed by atoms with van der Waals surface area (Å²) >= 11 is 0. The lowest BCUT2D eigenvalue weighted by Gasteiger charge is -2.13. The van der Waals surface area contributed by atoms with E-state index in [9.17, 15) is 0 Å². The normalized spacial score (nSPS) is 12.6. The zero-order valence-electron chi connectivity index (χ0n) is 13.0. The van der Waals surface area contributed by atoms with Crippen LogP contribution in [0.25, 0.3) is 11.1 Å². The molecule has 0 fully saturated rings. The minimum absolute atomic E-state index is 0.529. The molecule has 0 saturated heterocycles. The maximum atomic E-state index is 4.30. The summed E-state index contributed by atoms with van der Waals surface area (Å²) in [6, 6.07) is 9.39. The predicted molar refractivity (Wildman–Crippen MR) is 84.8 cm³/mol. The van der Waals surface area contributed by atoms with Gasteiger partial charge in [0.05, 0.1) is 6.20 Å². The Morgan fingerprint density at radius 3 is 2.50 bits per heavy atom. The average Bonchev–Trinajstić information content (AvgIpc) is 2.78. The summed E-state index contributed by atoms with van der Waals surface area (Å²) in [7, 11) is 1.98. The molecule has 0 aliphatic carbocycles. The summed E-state index contributed by atoms with van der Waals surface area (Å²) in [6.07, 6.45) is 4.20. The molecule has 108 valence electrons. The molecule has 1 aromatic carbocycles. The van der Waals surface area contributed by atoms with E-state index in [0.29, 0.717) is 6.04 Å². The second-order valence-electron chi connectivity index (χ2n) is 5.52. The maximum Gasteiger partial charge on any atom is 0.0571 e. The van der Waals surface area contributed by atoms with Crippen LogP contribution in [0.2, 0.25) is 0 Å². The Morgan fingerprint density at radius 2 is 1.95 bits per heavy atom. The molecule has 0 radical (unpaired) electrons. The van der Waals surface area contributed by atoms with Crippen molar-refractivity contribution in [3.05, 3.63) is 41.7 Å². The van der Waals surface area contributed by atoms with Crippen LogP contribution in [0.3, 0.4) is 0 Å². The molecule has 1 N–H and O–H groups in total. The van der Waals surface area contributed by atoms with Gasteiger partial charge in [0.25, 0.3) is 0 Å². The molecule has 3 heteroatoms. The number of benzene rings is 1. The minimum atomic E-state index is 0.529. The number of hydrogen-bond donors (Lipinski definition) is 1. The molecule has 3 nitrogen and oxygen atoms in total. The van der Waals surface area contributed by atoms with Gasteiger partial charge < -0.3 is 5.32 Å². The molecule has 1 heterocycles. The van der Waals surface area contributed by atoms with Gasteiger partial charge in [0, 0.05) is 24.3 Å². The van der Waals surface area contributed by atoms with Gasteiger partial charge in [-0.3, -0.25) is 4.68 Å². The molecule has 2 aromatic rings. The van der Waals surface area contributed by atoms with Gasteiger partial charge in [-0.2, -0.15) is 5.10 Å². The molecule has 0 aliphatic heterocycles. The second kappa shape index (κ2) is 6.71. The van der Waals surface area contributed by atoms with Crippen LogP contribution in [0.4, 0.5) is 0 Å². The number of aryl methyl sites for hydroxylation is 1. The van der Waals surface area contributed by atoms with Crippen molar-refractivity contribution in [3.8, 4) is 11.1 Å². The molecule has 0 aliphatic rings. The van der Waals surface area contributed by atoms with Crippen LogP contribution in [0.1, 0.15) is 31.5 Å². The van der Waals surface area contributed by atoms with E-state index in [4.69, 9.17) is 0 Å². The number of hydrogen-bond acceptors (Lipinski definition) is 2. The fourth-order valence-electron chi connectivity index (χ4n) is 2.42. The fraction of sp³-hybridized carbons (Fsp3) is 0.471. The zero-order valence-corrected chi connectivity index (χ0v) is 13.0. The van der Waals surface area contributed by atoms with Gasteiger partial charge in [-0.05, 0) is 44.4 Å². The van der Waals surface area contributed by atoms with Crippen LogP contribution in [-0.2, 0) is 13.5 Å². The van der Waals surface area contributed by atoms with Crippen molar-refractivity contribution in [1.82, 2.24) is 15.1 Å². The van der Waals surface area contributed by atoms with Gasteiger partial charge in [0.1, 0.15) is 0 Å². The maximum absolute atomic E-state index is 4.30. The summed E-state index contributed by atoms with van der Waals surface area (Å²) in [4.78, 5) is 0. The Morgan fingerprint density at radius 1 is 1.25 bits per heavy atom. The first kappa shape index (κ1) is 14.8. The lowest BCUT2D eigenvalue weighted by Crippen LogP contribution is -2.28. The number of nitrogens with zero attached hydrogens (tertiary/aromatic N) is 2.